The second kappa shape index (κ2) is 18.4. The van der Waals surface area contributed by atoms with Crippen LogP contribution in [0.15, 0.2) is 35.3 Å². The predicted molar refractivity (Wildman–Crippen MR) is 136 cm³/mol. The van der Waals surface area contributed by atoms with Crippen molar-refractivity contribution in [1.82, 2.24) is 5.32 Å². The van der Waals surface area contributed by atoms with E-state index in [4.69, 9.17) is 0 Å². The van der Waals surface area contributed by atoms with Crippen molar-refractivity contribution < 1.29 is 9.18 Å². The van der Waals surface area contributed by atoms with Gasteiger partial charge in [0.25, 0.3) is 0 Å². The Labute approximate surface area is 195 Å². The number of anilines is 1. The van der Waals surface area contributed by atoms with E-state index in [1.807, 2.05) is 0 Å². The van der Waals surface area contributed by atoms with Crippen LogP contribution in [0.1, 0.15) is 102 Å². The van der Waals surface area contributed by atoms with Crippen molar-refractivity contribution in [2.75, 3.05) is 19.4 Å². The fourth-order valence-electron chi connectivity index (χ4n) is 3.72. The highest BCUT2D eigenvalue weighted by Crippen LogP contribution is 2.17. The smallest absolute Gasteiger partial charge is 0.224 e. The van der Waals surface area contributed by atoms with E-state index in [1.54, 1.807) is 26.2 Å². The van der Waals surface area contributed by atoms with Gasteiger partial charge in [-0.05, 0) is 50.3 Å². The third-order valence-electron chi connectivity index (χ3n) is 5.64. The first kappa shape index (κ1) is 27.9. The van der Waals surface area contributed by atoms with Crippen LogP contribution in [0, 0.1) is 5.82 Å². The summed E-state index contributed by atoms with van der Waals surface area (Å²) in [4.78, 5) is 16.2. The van der Waals surface area contributed by atoms with Crippen LogP contribution in [-0.4, -0.2) is 25.8 Å². The Balaban J connectivity index is 2.07. The number of carbonyl (C=O) groups is 1. The number of unbranched alkanes of at least 4 members (excludes halogenated alkanes) is 11. The molecule has 0 heterocycles. The van der Waals surface area contributed by atoms with Crippen molar-refractivity contribution in [1.29, 1.82) is 0 Å². The summed E-state index contributed by atoms with van der Waals surface area (Å²) in [6.07, 6.45) is 21.0. The van der Waals surface area contributed by atoms with E-state index in [0.29, 0.717) is 17.8 Å². The summed E-state index contributed by atoms with van der Waals surface area (Å²) in [6.45, 7) is 2.26. The third-order valence-corrected chi connectivity index (χ3v) is 5.64. The second-order valence-electron chi connectivity index (χ2n) is 8.40. The van der Waals surface area contributed by atoms with Crippen molar-refractivity contribution in [3.63, 3.8) is 0 Å². The highest BCUT2D eigenvalue weighted by atomic mass is 19.1. The van der Waals surface area contributed by atoms with Crippen LogP contribution in [0.4, 0.5) is 10.1 Å². The molecule has 1 aromatic carbocycles. The summed E-state index contributed by atoms with van der Waals surface area (Å²) in [7, 11) is 3.39. The Morgan fingerprint density at radius 3 is 2.09 bits per heavy atom. The first-order valence-electron chi connectivity index (χ1n) is 12.5. The molecule has 0 fully saturated rings. The largest absolute Gasteiger partial charge is 0.373 e. The lowest BCUT2D eigenvalue weighted by Gasteiger charge is -2.09. The summed E-state index contributed by atoms with van der Waals surface area (Å²) in [5, 5.41) is 5.60. The minimum absolute atomic E-state index is 0.132. The van der Waals surface area contributed by atoms with Crippen LogP contribution in [-0.2, 0) is 4.79 Å². The highest BCUT2D eigenvalue weighted by molar-refractivity contribution is 5.99. The van der Waals surface area contributed by atoms with E-state index in [9.17, 15) is 9.18 Å². The van der Waals surface area contributed by atoms with Gasteiger partial charge in [-0.3, -0.25) is 9.79 Å². The fourth-order valence-corrected chi connectivity index (χ4v) is 3.72. The molecule has 0 atom stereocenters. The molecule has 0 aliphatic carbocycles. The zero-order valence-corrected chi connectivity index (χ0v) is 20.5. The topological polar surface area (TPSA) is 53.5 Å². The molecule has 4 nitrogen and oxygen atoms in total. The van der Waals surface area contributed by atoms with Gasteiger partial charge in [0.1, 0.15) is 11.7 Å². The highest BCUT2D eigenvalue weighted by Gasteiger charge is 2.09. The van der Waals surface area contributed by atoms with Gasteiger partial charge in [-0.15, -0.1) is 0 Å². The Kier molecular flexibility index (Phi) is 16.0. The molecule has 0 bridgehead atoms. The molecule has 0 saturated heterocycles. The zero-order valence-electron chi connectivity index (χ0n) is 20.5. The summed E-state index contributed by atoms with van der Waals surface area (Å²) in [5.74, 6) is 0.0270. The number of nitrogens with one attached hydrogen (secondary N) is 2. The Hall–Kier alpha value is -2.17. The third kappa shape index (κ3) is 12.6. The number of aliphatic imine (C=N–C) groups is 1. The molecule has 0 aromatic heterocycles. The van der Waals surface area contributed by atoms with Gasteiger partial charge in [0.05, 0.1) is 5.69 Å². The SMILES string of the molecule is CCCCCCCC/C=C\CCCCCCCC(=O)Nc1ccc(/C(=N/C)NC)cc1F. The van der Waals surface area contributed by atoms with E-state index in [1.165, 1.54) is 63.9 Å². The predicted octanol–water partition coefficient (Wildman–Crippen LogP) is 7.40. The molecule has 32 heavy (non-hydrogen) atoms. The number of hydrogen-bond donors (Lipinski definition) is 2. The second-order valence-corrected chi connectivity index (χ2v) is 8.40. The van der Waals surface area contributed by atoms with Crippen LogP contribution in [0.2, 0.25) is 0 Å². The van der Waals surface area contributed by atoms with Gasteiger partial charge in [-0.1, -0.05) is 70.4 Å². The summed E-state index contributed by atoms with van der Waals surface area (Å²) in [6, 6.07) is 4.72. The van der Waals surface area contributed by atoms with Gasteiger partial charge in [0, 0.05) is 26.1 Å². The van der Waals surface area contributed by atoms with E-state index in [-0.39, 0.29) is 11.6 Å². The molecule has 0 spiro atoms. The minimum Gasteiger partial charge on any atom is -0.373 e. The molecule has 0 radical (unpaired) electrons. The summed E-state index contributed by atoms with van der Waals surface area (Å²) >= 11 is 0. The Morgan fingerprint density at radius 2 is 1.53 bits per heavy atom. The number of rotatable bonds is 17. The van der Waals surface area contributed by atoms with Crippen LogP contribution < -0.4 is 10.6 Å². The molecular formula is C27H44FN3O. The number of allylic oxidation sites excluding steroid dienone is 2. The standard InChI is InChI=1S/C27H44FN3O/c1-4-5-6-7-8-9-10-11-12-13-14-15-16-17-18-19-26(32)31-25-21-20-23(22-24(25)28)27(29-2)30-3/h11-12,20-22H,4-10,13-19H2,1-3H3,(H,29,30)(H,31,32)/b12-11-. The quantitative estimate of drug-likeness (QED) is 0.114. The zero-order chi connectivity index (χ0) is 23.4. The lowest BCUT2D eigenvalue weighted by atomic mass is 10.1. The number of nitrogens with zero attached hydrogens (tertiary/aromatic N) is 1. The number of benzene rings is 1. The molecule has 0 aliphatic heterocycles. The van der Waals surface area contributed by atoms with Crippen molar-refractivity contribution >= 4 is 17.4 Å². The molecule has 1 aromatic rings. The van der Waals surface area contributed by atoms with Gasteiger partial charge >= 0.3 is 0 Å². The van der Waals surface area contributed by atoms with Crippen LogP contribution in [0.25, 0.3) is 0 Å². The van der Waals surface area contributed by atoms with Crippen molar-refractivity contribution in [3.8, 4) is 0 Å². The minimum atomic E-state index is -0.447. The Bertz CT molecular complexity index is 700. The molecule has 0 aliphatic rings. The first-order chi connectivity index (χ1) is 15.6. The number of amidine groups is 1. The van der Waals surface area contributed by atoms with Crippen molar-refractivity contribution in [2.24, 2.45) is 4.99 Å². The molecule has 2 N–H and O–H groups in total. The molecule has 1 amide bonds. The van der Waals surface area contributed by atoms with Gasteiger partial charge in [-0.25, -0.2) is 4.39 Å². The fraction of sp³-hybridized carbons (Fsp3) is 0.630. The van der Waals surface area contributed by atoms with Crippen LogP contribution in [0.5, 0.6) is 0 Å². The number of halogens is 1. The van der Waals surface area contributed by atoms with Gasteiger partial charge in [0.15, 0.2) is 0 Å². The number of carbonyl (C=O) groups excluding carboxylic acids is 1. The van der Waals surface area contributed by atoms with Crippen molar-refractivity contribution in [3.05, 3.63) is 41.7 Å². The maximum Gasteiger partial charge on any atom is 0.224 e. The molecular weight excluding hydrogens is 401 g/mol. The van der Waals surface area contributed by atoms with Crippen LogP contribution >= 0.6 is 0 Å². The van der Waals surface area contributed by atoms with Gasteiger partial charge in [0.2, 0.25) is 5.91 Å². The Morgan fingerprint density at radius 1 is 0.938 bits per heavy atom. The maximum absolute atomic E-state index is 14.3. The van der Waals surface area contributed by atoms with Crippen molar-refractivity contribution in [2.45, 2.75) is 96.8 Å². The van der Waals surface area contributed by atoms with Gasteiger partial charge < -0.3 is 10.6 Å². The average molecular weight is 446 g/mol. The molecule has 1 rings (SSSR count). The van der Waals surface area contributed by atoms with Gasteiger partial charge in [-0.2, -0.15) is 0 Å². The molecule has 0 saturated carbocycles. The number of hydrogen-bond acceptors (Lipinski definition) is 2. The molecule has 0 unspecified atom stereocenters. The molecule has 5 heteroatoms. The molecule has 180 valence electrons. The van der Waals surface area contributed by atoms with E-state index >= 15 is 0 Å². The van der Waals surface area contributed by atoms with E-state index in [0.717, 1.165) is 25.7 Å². The summed E-state index contributed by atoms with van der Waals surface area (Å²) in [5.41, 5.74) is 0.876. The maximum atomic E-state index is 14.3. The number of amides is 1. The monoisotopic (exact) mass is 445 g/mol. The lowest BCUT2D eigenvalue weighted by Crippen LogP contribution is -2.20. The average Bonchev–Trinajstić information content (AvgIpc) is 2.79. The van der Waals surface area contributed by atoms with E-state index < -0.39 is 5.82 Å². The lowest BCUT2D eigenvalue weighted by molar-refractivity contribution is -0.116. The van der Waals surface area contributed by atoms with E-state index in [2.05, 4.69) is 34.7 Å². The normalized spacial score (nSPS) is 11.8. The van der Waals surface area contributed by atoms with Crippen LogP contribution in [0.3, 0.4) is 0 Å². The first-order valence-corrected chi connectivity index (χ1v) is 12.5. The summed E-state index contributed by atoms with van der Waals surface area (Å²) < 4.78 is 14.3.